The lowest BCUT2D eigenvalue weighted by molar-refractivity contribution is -0.160. The highest BCUT2D eigenvalue weighted by Crippen LogP contribution is 2.34. The first-order valence-electron chi connectivity index (χ1n) is 16.7. The van der Waals surface area contributed by atoms with Crippen LogP contribution in [0, 0.1) is 5.92 Å². The van der Waals surface area contributed by atoms with Crippen molar-refractivity contribution in [3.8, 4) is 0 Å². The van der Waals surface area contributed by atoms with E-state index >= 15 is 0 Å². The number of carbonyl (C=O) groups excluding carboxylic acids is 6. The molecule has 3 aromatic rings. The molecule has 1 aliphatic carbocycles. The Morgan fingerprint density at radius 1 is 0.608 bits per heavy atom. The maximum absolute atomic E-state index is 13.1. The second-order valence-electron chi connectivity index (χ2n) is 11.9. The van der Waals surface area contributed by atoms with E-state index in [1.807, 2.05) is 42.5 Å². The molecule has 0 aromatic heterocycles. The SMILES string of the molecule is O=C(CNC(=O)OCc1ccccc1)NCC(=O)N[C@@H](Cc1ccccc1)C(=O)NCC(=O)NCOC(CC1CC1)C(=O)OCc1ccccc1. The van der Waals surface area contributed by atoms with Crippen molar-refractivity contribution in [3.63, 3.8) is 0 Å². The summed E-state index contributed by atoms with van der Waals surface area (Å²) < 4.78 is 16.1. The zero-order valence-corrected chi connectivity index (χ0v) is 28.1. The Morgan fingerprint density at radius 3 is 1.75 bits per heavy atom. The van der Waals surface area contributed by atoms with Crippen LogP contribution in [0.4, 0.5) is 4.79 Å². The topological polar surface area (TPSA) is 190 Å². The van der Waals surface area contributed by atoms with E-state index in [0.29, 0.717) is 12.3 Å². The summed E-state index contributed by atoms with van der Waals surface area (Å²) in [6, 6.07) is 26.1. The minimum atomic E-state index is -1.07. The monoisotopic (exact) mass is 701 g/mol. The minimum absolute atomic E-state index is 0.0316. The molecule has 14 heteroatoms. The molecule has 1 aliphatic rings. The van der Waals surface area contributed by atoms with Crippen LogP contribution in [0.25, 0.3) is 0 Å². The maximum Gasteiger partial charge on any atom is 0.407 e. The molecule has 0 saturated heterocycles. The number of hydrogen-bond acceptors (Lipinski definition) is 9. The number of benzene rings is 3. The second-order valence-corrected chi connectivity index (χ2v) is 11.9. The van der Waals surface area contributed by atoms with Gasteiger partial charge in [0.25, 0.3) is 0 Å². The number of amides is 5. The number of alkyl carbamates (subject to hydrolysis) is 1. The van der Waals surface area contributed by atoms with Gasteiger partial charge in [-0.3, -0.25) is 19.2 Å². The van der Waals surface area contributed by atoms with Gasteiger partial charge >= 0.3 is 12.1 Å². The molecular formula is C37H43N5O9. The van der Waals surface area contributed by atoms with Gasteiger partial charge < -0.3 is 40.8 Å². The molecule has 0 bridgehead atoms. The van der Waals surface area contributed by atoms with E-state index in [2.05, 4.69) is 26.6 Å². The van der Waals surface area contributed by atoms with Gasteiger partial charge in [0.05, 0.1) is 13.1 Å². The van der Waals surface area contributed by atoms with Gasteiger partial charge in [-0.25, -0.2) is 9.59 Å². The summed E-state index contributed by atoms with van der Waals surface area (Å²) in [4.78, 5) is 75.2. The summed E-state index contributed by atoms with van der Waals surface area (Å²) in [5.74, 6) is -2.66. The van der Waals surface area contributed by atoms with Crippen LogP contribution >= 0.6 is 0 Å². The molecule has 3 aromatic carbocycles. The van der Waals surface area contributed by atoms with Gasteiger partial charge in [-0.2, -0.15) is 0 Å². The Bertz CT molecular complexity index is 1590. The lowest BCUT2D eigenvalue weighted by Crippen LogP contribution is -2.52. The summed E-state index contributed by atoms with van der Waals surface area (Å²) >= 11 is 0. The first-order valence-corrected chi connectivity index (χ1v) is 16.7. The fraction of sp³-hybridized carbons (Fsp3) is 0.351. The Hall–Kier alpha value is -5.76. The molecule has 0 spiro atoms. The van der Waals surface area contributed by atoms with E-state index in [1.165, 1.54) is 0 Å². The van der Waals surface area contributed by atoms with E-state index in [9.17, 15) is 28.8 Å². The number of hydrogen-bond donors (Lipinski definition) is 5. The molecule has 1 saturated carbocycles. The molecule has 0 heterocycles. The van der Waals surface area contributed by atoms with Gasteiger partial charge in [0.2, 0.25) is 23.6 Å². The smallest absolute Gasteiger partial charge is 0.407 e. The van der Waals surface area contributed by atoms with Crippen molar-refractivity contribution in [3.05, 3.63) is 108 Å². The fourth-order valence-corrected chi connectivity index (χ4v) is 4.76. The molecule has 0 radical (unpaired) electrons. The normalized spacial score (nSPS) is 13.1. The lowest BCUT2D eigenvalue weighted by Gasteiger charge is -2.19. The van der Waals surface area contributed by atoms with Crippen LogP contribution in [0.3, 0.4) is 0 Å². The highest BCUT2D eigenvalue weighted by Gasteiger charge is 2.31. The summed E-state index contributed by atoms with van der Waals surface area (Å²) in [6.45, 7) is -1.44. The van der Waals surface area contributed by atoms with Gasteiger partial charge in [0.15, 0.2) is 6.10 Å². The minimum Gasteiger partial charge on any atom is -0.459 e. The van der Waals surface area contributed by atoms with Crippen molar-refractivity contribution in [1.82, 2.24) is 26.6 Å². The van der Waals surface area contributed by atoms with Gasteiger partial charge in [-0.1, -0.05) is 104 Å². The van der Waals surface area contributed by atoms with Crippen LogP contribution in [-0.2, 0) is 57.8 Å². The highest BCUT2D eigenvalue weighted by atomic mass is 16.6. The molecule has 1 fully saturated rings. The maximum atomic E-state index is 13.1. The Kier molecular flexibility index (Phi) is 15.4. The molecule has 5 N–H and O–H groups in total. The highest BCUT2D eigenvalue weighted by molar-refractivity contribution is 5.92. The number of esters is 1. The second kappa shape index (κ2) is 20.7. The van der Waals surface area contributed by atoms with Crippen molar-refractivity contribution >= 4 is 35.7 Å². The third-order valence-electron chi connectivity index (χ3n) is 7.69. The molecule has 1 unspecified atom stereocenters. The molecule has 2 atom stereocenters. The Morgan fingerprint density at radius 2 is 1.14 bits per heavy atom. The van der Waals surface area contributed by atoms with Gasteiger partial charge in [-0.15, -0.1) is 0 Å². The van der Waals surface area contributed by atoms with E-state index in [1.54, 1.807) is 48.5 Å². The predicted octanol–water partition coefficient (Wildman–Crippen LogP) is 1.88. The van der Waals surface area contributed by atoms with Crippen LogP contribution < -0.4 is 26.6 Å². The molecule has 5 amide bonds. The number of carbonyl (C=O) groups is 6. The first-order chi connectivity index (χ1) is 24.7. The predicted molar refractivity (Wildman–Crippen MR) is 184 cm³/mol. The van der Waals surface area contributed by atoms with Gasteiger partial charge in [0, 0.05) is 6.42 Å². The molecule has 270 valence electrons. The number of ether oxygens (including phenoxy) is 3. The molecular weight excluding hydrogens is 658 g/mol. The summed E-state index contributed by atoms with van der Waals surface area (Å²) in [7, 11) is 0. The lowest BCUT2D eigenvalue weighted by atomic mass is 10.1. The molecule has 51 heavy (non-hydrogen) atoms. The van der Waals surface area contributed by atoms with Crippen molar-refractivity contribution in [2.75, 3.05) is 26.4 Å². The molecule has 4 rings (SSSR count). The van der Waals surface area contributed by atoms with E-state index in [4.69, 9.17) is 14.2 Å². The quantitative estimate of drug-likeness (QED) is 0.0865. The van der Waals surface area contributed by atoms with Crippen LogP contribution in [0.5, 0.6) is 0 Å². The van der Waals surface area contributed by atoms with Crippen molar-refractivity contribution in [2.24, 2.45) is 5.92 Å². The van der Waals surface area contributed by atoms with Crippen molar-refractivity contribution in [2.45, 2.75) is 51.0 Å². The largest absolute Gasteiger partial charge is 0.459 e. The van der Waals surface area contributed by atoms with Crippen LogP contribution in [0.2, 0.25) is 0 Å². The Labute approximate surface area is 296 Å². The summed E-state index contributed by atoms with van der Waals surface area (Å²) in [6.07, 6.45) is 0.958. The first kappa shape index (κ1) is 38.0. The van der Waals surface area contributed by atoms with Crippen molar-refractivity contribution < 1.29 is 43.0 Å². The van der Waals surface area contributed by atoms with Gasteiger partial charge in [-0.05, 0) is 29.0 Å². The number of rotatable bonds is 20. The summed E-state index contributed by atoms with van der Waals surface area (Å²) in [5.41, 5.74) is 2.38. The van der Waals surface area contributed by atoms with E-state index in [-0.39, 0.29) is 26.4 Å². The third kappa shape index (κ3) is 15.1. The van der Waals surface area contributed by atoms with Gasteiger partial charge in [0.1, 0.15) is 32.5 Å². The van der Waals surface area contributed by atoms with E-state index < -0.39 is 67.5 Å². The van der Waals surface area contributed by atoms with Crippen LogP contribution in [0.15, 0.2) is 91.0 Å². The zero-order valence-electron chi connectivity index (χ0n) is 28.1. The molecule has 0 aliphatic heterocycles. The standard InChI is InChI=1S/C37H43N5O9/c43-32(21-40-37(48)50-24-29-14-8-3-9-15-29)38-22-34(45)42-30(18-26-10-4-1-5-11-26)35(46)39-20-33(44)41-25-51-31(19-27-16-17-27)36(47)49-23-28-12-6-2-7-13-28/h1-15,27,30-31H,16-25H2,(H,38,43)(H,39,46)(H,40,48)(H,41,44)(H,42,45)/t30-,31?/m0/s1. The fourth-order valence-electron chi connectivity index (χ4n) is 4.76. The van der Waals surface area contributed by atoms with Crippen molar-refractivity contribution in [1.29, 1.82) is 0 Å². The zero-order chi connectivity index (χ0) is 36.3. The van der Waals surface area contributed by atoms with E-state index in [0.717, 1.165) is 29.5 Å². The average Bonchev–Trinajstić information content (AvgIpc) is 3.98. The Balaban J connectivity index is 1.18. The third-order valence-corrected chi connectivity index (χ3v) is 7.69. The average molecular weight is 702 g/mol. The number of nitrogens with one attached hydrogen (secondary N) is 5. The van der Waals surface area contributed by atoms with Crippen LogP contribution in [-0.4, -0.2) is 74.2 Å². The summed E-state index contributed by atoms with van der Waals surface area (Å²) in [5, 5.41) is 12.3. The van der Waals surface area contributed by atoms with Crippen LogP contribution in [0.1, 0.15) is 36.0 Å². The molecule has 14 nitrogen and oxygen atoms in total.